The number of para-hydroxylation sites is 1. The summed E-state index contributed by atoms with van der Waals surface area (Å²) < 4.78 is 10.7. The lowest BCUT2D eigenvalue weighted by Gasteiger charge is -2.26. The fourth-order valence-corrected chi connectivity index (χ4v) is 2.99. The maximum atomic E-state index is 12.3. The fourth-order valence-electron chi connectivity index (χ4n) is 2.99. The molecule has 1 unspecified atom stereocenters. The normalized spacial score (nSPS) is 12.0. The van der Waals surface area contributed by atoms with Crippen LogP contribution in [0, 0.1) is 0 Å². The number of amides is 1. The second-order valence-corrected chi connectivity index (χ2v) is 6.75. The van der Waals surface area contributed by atoms with E-state index in [1.54, 1.807) is 19.4 Å². The Morgan fingerprint density at radius 2 is 2.00 bits per heavy atom. The molecular formula is C21H25N5O3. The van der Waals surface area contributed by atoms with Gasteiger partial charge in [-0.05, 0) is 32.3 Å². The van der Waals surface area contributed by atoms with Gasteiger partial charge in [0, 0.05) is 31.1 Å². The minimum absolute atomic E-state index is 0.00531. The number of ether oxygens (including phenoxy) is 1. The van der Waals surface area contributed by atoms with Crippen molar-refractivity contribution in [3.8, 4) is 17.3 Å². The van der Waals surface area contributed by atoms with E-state index in [9.17, 15) is 4.79 Å². The van der Waals surface area contributed by atoms with Crippen LogP contribution in [0.1, 0.15) is 23.9 Å². The molecule has 0 bridgehead atoms. The van der Waals surface area contributed by atoms with Crippen LogP contribution in [-0.2, 0) is 11.2 Å². The zero-order chi connectivity index (χ0) is 20.6. The molecule has 3 rings (SSSR count). The predicted molar refractivity (Wildman–Crippen MR) is 108 cm³/mol. The zero-order valence-corrected chi connectivity index (χ0v) is 16.8. The molecule has 0 aliphatic heterocycles. The molecule has 2 aromatic heterocycles. The average Bonchev–Trinajstić information content (AvgIpc) is 3.22. The van der Waals surface area contributed by atoms with E-state index in [2.05, 4.69) is 25.3 Å². The Morgan fingerprint density at radius 3 is 2.72 bits per heavy atom. The summed E-state index contributed by atoms with van der Waals surface area (Å²) in [4.78, 5) is 22.9. The SMILES string of the molecule is COc1ccccc1C(CNC(=O)CCc1nc(-c2ccccn2)no1)N(C)C. The number of aryl methyl sites for hydroxylation is 1. The van der Waals surface area contributed by atoms with Crippen LogP contribution in [0.5, 0.6) is 5.75 Å². The third kappa shape index (κ3) is 5.39. The number of pyridine rings is 1. The highest BCUT2D eigenvalue weighted by Gasteiger charge is 2.19. The number of rotatable bonds is 9. The number of nitrogens with one attached hydrogen (secondary N) is 1. The monoisotopic (exact) mass is 395 g/mol. The minimum Gasteiger partial charge on any atom is -0.496 e. The number of methoxy groups -OCH3 is 1. The van der Waals surface area contributed by atoms with Gasteiger partial charge in [-0.25, -0.2) is 0 Å². The van der Waals surface area contributed by atoms with Gasteiger partial charge in [0.05, 0.1) is 13.2 Å². The van der Waals surface area contributed by atoms with Gasteiger partial charge in [0.15, 0.2) is 0 Å². The zero-order valence-electron chi connectivity index (χ0n) is 16.8. The number of likely N-dealkylation sites (N-methyl/N-ethyl adjacent to an activating group) is 1. The molecule has 0 aliphatic carbocycles. The van der Waals surface area contributed by atoms with E-state index in [1.807, 2.05) is 50.5 Å². The molecule has 3 aromatic rings. The number of nitrogens with zero attached hydrogens (tertiary/aromatic N) is 4. The van der Waals surface area contributed by atoms with Gasteiger partial charge in [-0.1, -0.05) is 29.4 Å². The van der Waals surface area contributed by atoms with Gasteiger partial charge < -0.3 is 19.5 Å². The van der Waals surface area contributed by atoms with Crippen LogP contribution in [0.4, 0.5) is 0 Å². The van der Waals surface area contributed by atoms with E-state index in [4.69, 9.17) is 9.26 Å². The molecule has 1 N–H and O–H groups in total. The van der Waals surface area contributed by atoms with Crippen molar-refractivity contribution in [1.29, 1.82) is 0 Å². The van der Waals surface area contributed by atoms with Crippen LogP contribution in [0.3, 0.4) is 0 Å². The molecule has 0 radical (unpaired) electrons. The number of carbonyl (C=O) groups excluding carboxylic acids is 1. The van der Waals surface area contributed by atoms with Gasteiger partial charge in [-0.15, -0.1) is 0 Å². The van der Waals surface area contributed by atoms with Crippen LogP contribution >= 0.6 is 0 Å². The number of benzene rings is 1. The van der Waals surface area contributed by atoms with Gasteiger partial charge in [0.2, 0.25) is 17.6 Å². The molecule has 2 heterocycles. The predicted octanol–water partition coefficient (Wildman–Crippen LogP) is 2.49. The van der Waals surface area contributed by atoms with Crippen molar-refractivity contribution in [3.63, 3.8) is 0 Å². The molecule has 1 atom stereocenters. The Kier molecular flexibility index (Phi) is 6.91. The van der Waals surface area contributed by atoms with Crippen LogP contribution < -0.4 is 10.1 Å². The van der Waals surface area contributed by atoms with Crippen LogP contribution in [0.25, 0.3) is 11.5 Å². The number of hydrogen-bond acceptors (Lipinski definition) is 7. The molecule has 8 nitrogen and oxygen atoms in total. The Morgan fingerprint density at radius 1 is 1.21 bits per heavy atom. The summed E-state index contributed by atoms with van der Waals surface area (Å²) in [7, 11) is 5.59. The molecule has 1 amide bonds. The average molecular weight is 395 g/mol. The third-order valence-electron chi connectivity index (χ3n) is 4.54. The minimum atomic E-state index is -0.0793. The lowest BCUT2D eigenvalue weighted by molar-refractivity contribution is -0.121. The molecule has 0 aliphatic rings. The van der Waals surface area contributed by atoms with Gasteiger partial charge in [-0.3, -0.25) is 9.78 Å². The summed E-state index contributed by atoms with van der Waals surface area (Å²) in [6.07, 6.45) is 2.30. The highest BCUT2D eigenvalue weighted by Crippen LogP contribution is 2.27. The quantitative estimate of drug-likeness (QED) is 0.595. The first-order chi connectivity index (χ1) is 14.1. The van der Waals surface area contributed by atoms with Gasteiger partial charge >= 0.3 is 0 Å². The second kappa shape index (κ2) is 9.79. The fraction of sp³-hybridized carbons (Fsp3) is 0.333. The van der Waals surface area contributed by atoms with Crippen molar-refractivity contribution < 1.29 is 14.1 Å². The highest BCUT2D eigenvalue weighted by atomic mass is 16.5. The van der Waals surface area contributed by atoms with Gasteiger partial charge in [0.1, 0.15) is 11.4 Å². The topological polar surface area (TPSA) is 93.4 Å². The molecular weight excluding hydrogens is 370 g/mol. The van der Waals surface area contributed by atoms with Crippen molar-refractivity contribution in [3.05, 3.63) is 60.1 Å². The van der Waals surface area contributed by atoms with Gasteiger partial charge in [-0.2, -0.15) is 4.98 Å². The molecule has 0 saturated heterocycles. The van der Waals surface area contributed by atoms with Crippen molar-refractivity contribution in [2.75, 3.05) is 27.7 Å². The Balaban J connectivity index is 1.54. The lowest BCUT2D eigenvalue weighted by Crippen LogP contribution is -2.34. The highest BCUT2D eigenvalue weighted by molar-refractivity contribution is 5.76. The van der Waals surface area contributed by atoms with E-state index < -0.39 is 0 Å². The lowest BCUT2D eigenvalue weighted by atomic mass is 10.0. The van der Waals surface area contributed by atoms with Crippen LogP contribution in [0.15, 0.2) is 53.2 Å². The summed E-state index contributed by atoms with van der Waals surface area (Å²) in [5.41, 5.74) is 1.66. The largest absolute Gasteiger partial charge is 0.496 e. The molecule has 1 aromatic carbocycles. The van der Waals surface area contributed by atoms with Gasteiger partial charge in [0.25, 0.3) is 0 Å². The van der Waals surface area contributed by atoms with E-state index in [0.717, 1.165) is 11.3 Å². The second-order valence-electron chi connectivity index (χ2n) is 6.75. The number of hydrogen-bond donors (Lipinski definition) is 1. The first-order valence-electron chi connectivity index (χ1n) is 9.38. The maximum absolute atomic E-state index is 12.3. The standard InChI is InChI=1S/C21H25N5O3/c1-26(2)17(15-8-4-5-10-18(15)28-3)14-23-19(27)11-12-20-24-21(25-29-20)16-9-6-7-13-22-16/h4-10,13,17H,11-12,14H2,1-3H3,(H,23,27). The van der Waals surface area contributed by atoms with Crippen molar-refractivity contribution in [2.45, 2.75) is 18.9 Å². The van der Waals surface area contributed by atoms with Crippen molar-refractivity contribution >= 4 is 5.91 Å². The van der Waals surface area contributed by atoms with Crippen molar-refractivity contribution in [1.82, 2.24) is 25.3 Å². The van der Waals surface area contributed by atoms with E-state index in [1.165, 1.54) is 0 Å². The first kappa shape index (κ1) is 20.5. The Labute approximate surface area is 169 Å². The molecule has 0 spiro atoms. The van der Waals surface area contributed by atoms with E-state index in [0.29, 0.717) is 30.4 Å². The summed E-state index contributed by atoms with van der Waals surface area (Å²) in [6, 6.07) is 13.3. The smallest absolute Gasteiger partial charge is 0.227 e. The van der Waals surface area contributed by atoms with E-state index >= 15 is 0 Å². The first-order valence-corrected chi connectivity index (χ1v) is 9.38. The summed E-state index contributed by atoms with van der Waals surface area (Å²) in [6.45, 7) is 0.467. The molecule has 0 fully saturated rings. The molecule has 8 heteroatoms. The molecule has 152 valence electrons. The van der Waals surface area contributed by atoms with Crippen LogP contribution in [0.2, 0.25) is 0 Å². The van der Waals surface area contributed by atoms with E-state index in [-0.39, 0.29) is 18.4 Å². The summed E-state index contributed by atoms with van der Waals surface area (Å²) >= 11 is 0. The number of aromatic nitrogens is 3. The Bertz CT molecular complexity index is 927. The third-order valence-corrected chi connectivity index (χ3v) is 4.54. The Hall–Kier alpha value is -3.26. The summed E-state index contributed by atoms with van der Waals surface area (Å²) in [5.74, 6) is 1.55. The molecule has 0 saturated carbocycles. The number of carbonyl (C=O) groups is 1. The summed E-state index contributed by atoms with van der Waals surface area (Å²) in [5, 5.41) is 6.90. The van der Waals surface area contributed by atoms with Crippen molar-refractivity contribution in [2.24, 2.45) is 0 Å². The maximum Gasteiger partial charge on any atom is 0.227 e. The van der Waals surface area contributed by atoms with Crippen LogP contribution in [-0.4, -0.2) is 53.7 Å². The molecule has 29 heavy (non-hydrogen) atoms.